The molecule has 0 amide bonds. The average Bonchev–Trinajstić information content (AvgIpc) is 3.39. The number of hydrogen-bond acceptors (Lipinski definition) is 6. The Kier molecular flexibility index (Phi) is 4.98. The second kappa shape index (κ2) is 7.88. The Labute approximate surface area is 159 Å². The molecular weight excluding hydrogens is 362 g/mol. The maximum Gasteiger partial charge on any atom is 0.338 e. The molecule has 0 spiro atoms. The average molecular weight is 377 g/mol. The van der Waals surface area contributed by atoms with Crippen LogP contribution in [-0.2, 0) is 11.3 Å². The van der Waals surface area contributed by atoms with Crippen molar-refractivity contribution in [1.82, 2.24) is 4.98 Å². The number of para-hydroxylation sites is 1. The molecule has 0 unspecified atom stereocenters. The maximum absolute atomic E-state index is 12.2. The minimum absolute atomic E-state index is 0.0516. The number of carbonyl (C=O) groups is 1. The van der Waals surface area contributed by atoms with Gasteiger partial charge < -0.3 is 13.9 Å². The number of oxazole rings is 1. The van der Waals surface area contributed by atoms with Crippen LogP contribution < -0.4 is 4.74 Å². The SMILES string of the molecule is O=C(OCc1coc(-c2cccs2)n1)c1ccc(Oc2ccccc2)cc1. The number of nitrogens with zero attached hydrogens (tertiary/aromatic N) is 1. The third-order valence-electron chi connectivity index (χ3n) is 3.70. The van der Waals surface area contributed by atoms with E-state index in [4.69, 9.17) is 13.9 Å². The molecule has 134 valence electrons. The van der Waals surface area contributed by atoms with Gasteiger partial charge in [0.05, 0.1) is 10.4 Å². The van der Waals surface area contributed by atoms with Gasteiger partial charge in [0.1, 0.15) is 30.1 Å². The Morgan fingerprint density at radius 3 is 2.48 bits per heavy atom. The van der Waals surface area contributed by atoms with Crippen LogP contribution in [0.2, 0.25) is 0 Å². The first-order valence-electron chi connectivity index (χ1n) is 8.26. The van der Waals surface area contributed by atoms with Crippen molar-refractivity contribution in [2.24, 2.45) is 0 Å². The van der Waals surface area contributed by atoms with Gasteiger partial charge in [-0.1, -0.05) is 24.3 Å². The molecule has 2 aromatic heterocycles. The quantitative estimate of drug-likeness (QED) is 0.412. The Morgan fingerprint density at radius 1 is 0.963 bits per heavy atom. The highest BCUT2D eigenvalue weighted by Gasteiger charge is 2.11. The van der Waals surface area contributed by atoms with E-state index in [1.807, 2.05) is 47.8 Å². The highest BCUT2D eigenvalue weighted by molar-refractivity contribution is 7.13. The molecule has 27 heavy (non-hydrogen) atoms. The van der Waals surface area contributed by atoms with Crippen LogP contribution in [0.5, 0.6) is 11.5 Å². The zero-order valence-electron chi connectivity index (χ0n) is 14.2. The van der Waals surface area contributed by atoms with Gasteiger partial charge in [-0.05, 0) is 47.8 Å². The number of aromatic nitrogens is 1. The van der Waals surface area contributed by atoms with E-state index in [1.165, 1.54) is 17.6 Å². The van der Waals surface area contributed by atoms with Crippen molar-refractivity contribution in [3.8, 4) is 22.3 Å². The minimum Gasteiger partial charge on any atom is -0.457 e. The summed E-state index contributed by atoms with van der Waals surface area (Å²) in [5.41, 5.74) is 1.01. The van der Waals surface area contributed by atoms with Crippen molar-refractivity contribution in [1.29, 1.82) is 0 Å². The molecule has 2 aromatic carbocycles. The molecule has 2 heterocycles. The Balaban J connectivity index is 1.34. The van der Waals surface area contributed by atoms with Crippen LogP contribution in [0.3, 0.4) is 0 Å². The van der Waals surface area contributed by atoms with Crippen molar-refractivity contribution < 1.29 is 18.7 Å². The summed E-state index contributed by atoms with van der Waals surface area (Å²) in [6.45, 7) is 0.0516. The van der Waals surface area contributed by atoms with Crippen LogP contribution in [0.4, 0.5) is 0 Å². The minimum atomic E-state index is -0.429. The maximum atomic E-state index is 12.2. The van der Waals surface area contributed by atoms with Gasteiger partial charge in [0.25, 0.3) is 0 Å². The second-order valence-corrected chi connectivity index (χ2v) is 6.58. The number of carbonyl (C=O) groups excluding carboxylic acids is 1. The van der Waals surface area contributed by atoms with Gasteiger partial charge in [-0.2, -0.15) is 0 Å². The Bertz CT molecular complexity index is 1010. The molecule has 6 heteroatoms. The van der Waals surface area contributed by atoms with E-state index in [0.717, 1.165) is 10.6 Å². The number of rotatable bonds is 6. The van der Waals surface area contributed by atoms with Crippen LogP contribution in [0, 0.1) is 0 Å². The van der Waals surface area contributed by atoms with Crippen LogP contribution in [0.1, 0.15) is 16.1 Å². The lowest BCUT2D eigenvalue weighted by Crippen LogP contribution is -2.05. The van der Waals surface area contributed by atoms with Crippen LogP contribution in [-0.4, -0.2) is 11.0 Å². The van der Waals surface area contributed by atoms with Gasteiger partial charge in [0.15, 0.2) is 0 Å². The summed E-state index contributed by atoms with van der Waals surface area (Å²) in [4.78, 5) is 17.5. The molecular formula is C21H15NO4S. The topological polar surface area (TPSA) is 61.6 Å². The summed E-state index contributed by atoms with van der Waals surface area (Å²) in [5.74, 6) is 1.48. The molecule has 0 saturated heterocycles. The van der Waals surface area contributed by atoms with Gasteiger partial charge in [0, 0.05) is 0 Å². The highest BCUT2D eigenvalue weighted by Crippen LogP contribution is 2.24. The monoisotopic (exact) mass is 377 g/mol. The number of esters is 1. The predicted molar refractivity (Wildman–Crippen MR) is 102 cm³/mol. The molecule has 0 aliphatic carbocycles. The van der Waals surface area contributed by atoms with Gasteiger partial charge >= 0.3 is 5.97 Å². The zero-order valence-corrected chi connectivity index (χ0v) is 15.0. The summed E-state index contributed by atoms with van der Waals surface area (Å²) in [5, 5.41) is 1.95. The molecule has 4 rings (SSSR count). The van der Waals surface area contributed by atoms with E-state index in [2.05, 4.69) is 4.98 Å². The van der Waals surface area contributed by atoms with E-state index < -0.39 is 5.97 Å². The van der Waals surface area contributed by atoms with Crippen molar-refractivity contribution in [2.75, 3.05) is 0 Å². The summed E-state index contributed by atoms with van der Waals surface area (Å²) in [7, 11) is 0. The molecule has 0 aliphatic rings. The summed E-state index contributed by atoms with van der Waals surface area (Å²) in [6.07, 6.45) is 1.50. The molecule has 0 atom stereocenters. The van der Waals surface area contributed by atoms with E-state index in [0.29, 0.717) is 22.9 Å². The lowest BCUT2D eigenvalue weighted by Gasteiger charge is -2.06. The number of ether oxygens (including phenoxy) is 2. The molecule has 0 N–H and O–H groups in total. The summed E-state index contributed by atoms with van der Waals surface area (Å²) >= 11 is 1.54. The lowest BCUT2D eigenvalue weighted by molar-refractivity contribution is 0.0467. The molecule has 0 aliphatic heterocycles. The molecule has 5 nitrogen and oxygen atoms in total. The second-order valence-electron chi connectivity index (χ2n) is 5.64. The fraction of sp³-hybridized carbons (Fsp3) is 0.0476. The standard InChI is InChI=1S/C21H15NO4S/c23-21(25-14-16-13-24-20(22-16)19-7-4-12-27-19)15-8-10-18(11-9-15)26-17-5-2-1-3-6-17/h1-13H,14H2. The number of thiophene rings is 1. The number of benzene rings is 2. The smallest absolute Gasteiger partial charge is 0.338 e. The van der Waals surface area contributed by atoms with Gasteiger partial charge in [-0.25, -0.2) is 9.78 Å². The van der Waals surface area contributed by atoms with Gasteiger partial charge in [-0.15, -0.1) is 11.3 Å². The molecule has 4 aromatic rings. The van der Waals surface area contributed by atoms with Crippen molar-refractivity contribution >= 4 is 17.3 Å². The number of hydrogen-bond donors (Lipinski definition) is 0. The summed E-state index contributed by atoms with van der Waals surface area (Å²) < 4.78 is 16.4. The third-order valence-corrected chi connectivity index (χ3v) is 4.56. The highest BCUT2D eigenvalue weighted by atomic mass is 32.1. The van der Waals surface area contributed by atoms with E-state index in [9.17, 15) is 4.79 Å². The molecule has 0 radical (unpaired) electrons. The third kappa shape index (κ3) is 4.24. The fourth-order valence-electron chi connectivity index (χ4n) is 2.39. The Morgan fingerprint density at radius 2 is 1.74 bits per heavy atom. The van der Waals surface area contributed by atoms with E-state index >= 15 is 0 Å². The van der Waals surface area contributed by atoms with Crippen LogP contribution in [0.15, 0.2) is 82.8 Å². The van der Waals surface area contributed by atoms with Crippen molar-refractivity contribution in [3.63, 3.8) is 0 Å². The first-order valence-corrected chi connectivity index (χ1v) is 9.14. The summed E-state index contributed by atoms with van der Waals surface area (Å²) in [6, 6.07) is 20.1. The predicted octanol–water partition coefficient (Wildman–Crippen LogP) is 5.55. The van der Waals surface area contributed by atoms with Gasteiger partial charge in [-0.3, -0.25) is 0 Å². The van der Waals surface area contributed by atoms with Gasteiger partial charge in [0.2, 0.25) is 5.89 Å². The lowest BCUT2D eigenvalue weighted by atomic mass is 10.2. The largest absolute Gasteiger partial charge is 0.457 e. The van der Waals surface area contributed by atoms with Crippen LogP contribution in [0.25, 0.3) is 10.8 Å². The zero-order chi connectivity index (χ0) is 18.5. The van der Waals surface area contributed by atoms with E-state index in [1.54, 1.807) is 24.3 Å². The fourth-order valence-corrected chi connectivity index (χ4v) is 3.05. The van der Waals surface area contributed by atoms with E-state index in [-0.39, 0.29) is 6.61 Å². The normalized spacial score (nSPS) is 10.5. The molecule has 0 bridgehead atoms. The van der Waals surface area contributed by atoms with Crippen molar-refractivity contribution in [3.05, 3.63) is 89.6 Å². The Hall–Kier alpha value is -3.38. The molecule has 0 fully saturated rings. The van der Waals surface area contributed by atoms with Crippen molar-refractivity contribution in [2.45, 2.75) is 6.61 Å². The van der Waals surface area contributed by atoms with Crippen LogP contribution >= 0.6 is 11.3 Å². The molecule has 0 saturated carbocycles. The first-order chi connectivity index (χ1) is 13.3. The first kappa shape index (κ1) is 17.1.